The van der Waals surface area contributed by atoms with Crippen molar-refractivity contribution in [2.24, 2.45) is 0 Å². The van der Waals surface area contributed by atoms with E-state index in [-0.39, 0.29) is 0 Å². The Morgan fingerprint density at radius 1 is 0.180 bits per heavy atom. The van der Waals surface area contributed by atoms with E-state index in [2.05, 4.69) is 273 Å². The molecule has 0 nitrogen and oxygen atoms in total. The van der Waals surface area contributed by atoms with Gasteiger partial charge in [-0.05, 0) is 71.5 Å². The average molecular weight is 945 g/mol. The summed E-state index contributed by atoms with van der Waals surface area (Å²) in [6, 6.07) is 97.0. The molecule has 0 heterocycles. The number of rotatable bonds is 9. The second-order valence-electron chi connectivity index (χ2n) is 13.2. The van der Waals surface area contributed by atoms with Gasteiger partial charge in [-0.2, -0.15) is 0 Å². The zero-order valence-electron chi connectivity index (χ0n) is 33.4. The first-order valence-corrected chi connectivity index (χ1v) is 29.0. The first kappa shape index (κ1) is 46.2. The van der Waals surface area contributed by atoms with E-state index in [9.17, 15) is 0 Å². The summed E-state index contributed by atoms with van der Waals surface area (Å²) in [6.07, 6.45) is 0. The van der Waals surface area contributed by atoms with E-state index in [0.29, 0.717) is 0 Å². The molecule has 0 aromatic heterocycles. The van der Waals surface area contributed by atoms with Crippen LogP contribution in [0.3, 0.4) is 0 Å². The van der Waals surface area contributed by atoms with Crippen molar-refractivity contribution in [3.63, 3.8) is 0 Å². The Morgan fingerprint density at radius 3 is 0.344 bits per heavy atom. The molecule has 0 aliphatic carbocycles. The van der Waals surface area contributed by atoms with Crippen LogP contribution in [0.1, 0.15) is 0 Å². The van der Waals surface area contributed by atoms with Crippen molar-refractivity contribution < 1.29 is 11.4 Å². The zero-order valence-corrected chi connectivity index (χ0v) is 39.6. The van der Waals surface area contributed by atoms with Gasteiger partial charge in [0.2, 0.25) is 0 Å². The van der Waals surface area contributed by atoms with Crippen molar-refractivity contribution in [2.45, 2.75) is 0 Å². The maximum absolute atomic E-state index is 4.93. The molecule has 9 aromatic rings. The molecule has 0 aliphatic rings. The Bertz CT molecular complexity index is 1930. The summed E-state index contributed by atoms with van der Waals surface area (Å²) in [4.78, 5) is 0. The van der Waals surface area contributed by atoms with Crippen LogP contribution in [0.2, 0.25) is 0 Å². The quantitative estimate of drug-likeness (QED) is 0.127. The molecule has 0 bridgehead atoms. The molecule has 9 aromatic carbocycles. The molecule has 0 N–H and O–H groups in total. The minimum Gasteiger partial charge on any atom is -0.0622 e. The first-order chi connectivity index (χ1) is 30.1. The standard InChI is InChI=1S/3C18H15P.3ClH.Cr/c3*1-4-10-16(11-5-1)19(17-12-6-2-7-13-17)18-14-8-3-9-15-18;;;;/h3*1-15H;3*1H;/q;;;;;;+3/p-3. The van der Waals surface area contributed by atoms with Gasteiger partial charge in [0.15, 0.2) is 0 Å². The Hall–Kier alpha value is -4.33. The van der Waals surface area contributed by atoms with Crippen molar-refractivity contribution >= 4 is 102 Å². The second-order valence-corrected chi connectivity index (χ2v) is 26.2. The number of hydrogen-bond acceptors (Lipinski definition) is 0. The molecule has 303 valence electrons. The molecule has 0 fully saturated rings. The third-order valence-corrected chi connectivity index (χ3v) is 16.5. The van der Waals surface area contributed by atoms with Crippen LogP contribution in [0.4, 0.5) is 0 Å². The van der Waals surface area contributed by atoms with E-state index in [1.165, 1.54) is 47.7 Å². The van der Waals surface area contributed by atoms with Crippen LogP contribution in [-0.2, 0) is 11.4 Å². The summed E-state index contributed by atoms with van der Waals surface area (Å²) in [7, 11) is 13.5. The van der Waals surface area contributed by atoms with E-state index in [1.807, 2.05) is 0 Å². The third-order valence-electron chi connectivity index (χ3n) is 9.13. The maximum Gasteiger partial charge on any atom is -0.0134 e. The molecular formula is C54H45Cl3CrP3. The monoisotopic (exact) mass is 943 g/mol. The summed E-state index contributed by atoms with van der Waals surface area (Å²) >= 11 is -1.62. The normalized spacial score (nSPS) is 10.5. The molecule has 0 saturated heterocycles. The number of hydrogen-bond donors (Lipinski definition) is 0. The van der Waals surface area contributed by atoms with Crippen LogP contribution >= 0.6 is 53.9 Å². The van der Waals surface area contributed by atoms with Gasteiger partial charge in [-0.3, -0.25) is 0 Å². The predicted molar refractivity (Wildman–Crippen MR) is 273 cm³/mol. The van der Waals surface area contributed by atoms with Gasteiger partial charge in [-0.1, -0.05) is 273 Å². The van der Waals surface area contributed by atoms with Crippen molar-refractivity contribution in [1.82, 2.24) is 0 Å². The van der Waals surface area contributed by atoms with E-state index >= 15 is 0 Å². The fourth-order valence-corrected chi connectivity index (χ4v) is 13.5. The molecule has 0 amide bonds. The smallest absolute Gasteiger partial charge is 0.0134 e. The molecule has 0 spiro atoms. The van der Waals surface area contributed by atoms with Gasteiger partial charge in [0.05, 0.1) is 0 Å². The van der Waals surface area contributed by atoms with Gasteiger partial charge in [-0.25, -0.2) is 0 Å². The van der Waals surface area contributed by atoms with E-state index < -0.39 is 35.1 Å². The molecule has 0 radical (unpaired) electrons. The van der Waals surface area contributed by atoms with E-state index in [1.54, 1.807) is 0 Å². The molecule has 61 heavy (non-hydrogen) atoms. The summed E-state index contributed by atoms with van der Waals surface area (Å²) in [5, 5.41) is 12.6. The van der Waals surface area contributed by atoms with Crippen molar-refractivity contribution in [1.29, 1.82) is 0 Å². The van der Waals surface area contributed by atoms with E-state index in [4.69, 9.17) is 30.1 Å². The predicted octanol–water partition coefficient (Wildman–Crippen LogP) is 12.4. The number of halogens is 3. The molecular weight excluding hydrogens is 900 g/mol. The molecule has 7 heteroatoms. The Labute approximate surface area is 383 Å². The number of benzene rings is 9. The maximum atomic E-state index is 4.93. The zero-order chi connectivity index (χ0) is 42.3. The molecule has 9 rings (SSSR count). The van der Waals surface area contributed by atoms with Gasteiger partial charge in [0, 0.05) is 0 Å². The molecule has 0 unspecified atom stereocenters. The van der Waals surface area contributed by atoms with Crippen LogP contribution in [0.15, 0.2) is 273 Å². The molecule has 0 aliphatic heterocycles. The minimum absolute atomic E-state index is 0.446. The van der Waals surface area contributed by atoms with Gasteiger partial charge in [0.25, 0.3) is 0 Å². The van der Waals surface area contributed by atoms with E-state index in [0.717, 1.165) is 0 Å². The van der Waals surface area contributed by atoms with Crippen LogP contribution in [0.25, 0.3) is 0 Å². The van der Waals surface area contributed by atoms with Crippen molar-refractivity contribution in [2.75, 3.05) is 0 Å². The van der Waals surface area contributed by atoms with Crippen LogP contribution in [0.5, 0.6) is 0 Å². The summed E-state index contributed by atoms with van der Waals surface area (Å²) < 4.78 is 0. The van der Waals surface area contributed by atoms with Crippen LogP contribution < -0.4 is 47.7 Å². The van der Waals surface area contributed by atoms with Gasteiger partial charge < -0.3 is 0 Å². The Balaban J connectivity index is 0.000000146. The van der Waals surface area contributed by atoms with Crippen LogP contribution in [0, 0.1) is 0 Å². The Kier molecular flexibility index (Phi) is 19.8. The fourth-order valence-electron chi connectivity index (χ4n) is 6.54. The molecule has 0 saturated carbocycles. The van der Waals surface area contributed by atoms with Gasteiger partial charge >= 0.3 is 41.5 Å². The largest absolute Gasteiger partial charge is 0.0622 e. The topological polar surface area (TPSA) is 0 Å². The average Bonchev–Trinajstić information content (AvgIpc) is 3.33. The van der Waals surface area contributed by atoms with Gasteiger partial charge in [-0.15, -0.1) is 0 Å². The summed E-state index contributed by atoms with van der Waals surface area (Å²) in [6.45, 7) is 0. The summed E-state index contributed by atoms with van der Waals surface area (Å²) in [5.41, 5.74) is 0. The fraction of sp³-hybridized carbons (Fsp3) is 0. The van der Waals surface area contributed by atoms with Crippen LogP contribution in [-0.4, -0.2) is 0 Å². The summed E-state index contributed by atoms with van der Waals surface area (Å²) in [5.74, 6) is 0. The second kappa shape index (κ2) is 26.2. The van der Waals surface area contributed by atoms with Crippen molar-refractivity contribution in [3.05, 3.63) is 273 Å². The Morgan fingerprint density at radius 2 is 0.262 bits per heavy atom. The molecule has 0 atom stereocenters. The van der Waals surface area contributed by atoms with Crippen molar-refractivity contribution in [3.8, 4) is 0 Å². The minimum atomic E-state index is -1.62. The SMILES string of the molecule is [Cl][Cr]([Cl])[Cl].c1ccc(P(c2ccccc2)c2ccccc2)cc1.c1ccc(P(c2ccccc2)c2ccccc2)cc1.c1ccc(P(c2ccccc2)c2ccccc2)cc1. The third kappa shape index (κ3) is 14.9. The first-order valence-electron chi connectivity index (χ1n) is 19.7. The van der Waals surface area contributed by atoms with Gasteiger partial charge in [0.1, 0.15) is 0 Å².